The van der Waals surface area contributed by atoms with Gasteiger partial charge < -0.3 is 36.5 Å². The number of anilines is 2. The van der Waals surface area contributed by atoms with Crippen LogP contribution < -0.4 is 41.4 Å². The third-order valence-electron chi connectivity index (χ3n) is 5.29. The number of hydrogen-bond acceptors (Lipinski definition) is 7. The molecular weight excluding hydrogens is 570 g/mol. The summed E-state index contributed by atoms with van der Waals surface area (Å²) in [6.45, 7) is 2.66. The van der Waals surface area contributed by atoms with Crippen molar-refractivity contribution >= 4 is 45.8 Å². The van der Waals surface area contributed by atoms with Gasteiger partial charge in [0.25, 0.3) is 5.91 Å². The minimum atomic E-state index is -0.418. The van der Waals surface area contributed by atoms with Crippen molar-refractivity contribution in [3.8, 4) is 17.2 Å². The highest BCUT2D eigenvalue weighted by atomic mass is 79.9. The van der Waals surface area contributed by atoms with Crippen molar-refractivity contribution in [3.05, 3.63) is 83.8 Å². The van der Waals surface area contributed by atoms with Crippen molar-refractivity contribution in [2.24, 2.45) is 4.99 Å². The molecule has 1 fully saturated rings. The molecule has 0 aromatic heterocycles. The highest BCUT2D eigenvalue weighted by molar-refractivity contribution is 8.19. The maximum absolute atomic E-state index is 13.4. The minimum absolute atomic E-state index is 0. The molecule has 4 rings (SSSR count). The molecule has 198 valence electrons. The first kappa shape index (κ1) is 28.8. The molecule has 1 aliphatic heterocycles. The number of methoxy groups -OCH3 is 2. The molecule has 3 aromatic carbocycles. The Bertz CT molecular complexity index is 1310. The number of halogens is 1. The standard InChI is InChI=1S/C28H27N3O5S.BrH/c1-4-17-36-24-13-7-19(8-14-24)29-26(32)18-25-27(33)31(21-9-15-23(35-3)16-10-21)28(37-25)30-20-5-11-22(34-2)12-6-20;/h5-16,18H,4,17H2,1-3H3,(H,29,32);1H/p-1/b25-18+,30-28?;. The fourth-order valence-corrected chi connectivity index (χ4v) is 4.40. The summed E-state index contributed by atoms with van der Waals surface area (Å²) in [5.41, 5.74) is 1.85. The number of carbonyl (C=O) groups excluding carboxylic acids is 2. The molecule has 1 N–H and O–H groups in total. The Morgan fingerprint density at radius 3 is 2.08 bits per heavy atom. The molecule has 3 aromatic rings. The molecule has 0 atom stereocenters. The summed E-state index contributed by atoms with van der Waals surface area (Å²) in [5, 5.41) is 3.22. The Kier molecular flexibility index (Phi) is 10.4. The molecule has 8 nitrogen and oxygen atoms in total. The largest absolute Gasteiger partial charge is 1.00 e. The molecule has 0 radical (unpaired) electrons. The van der Waals surface area contributed by atoms with Crippen LogP contribution in [0.4, 0.5) is 17.1 Å². The van der Waals surface area contributed by atoms with E-state index < -0.39 is 5.91 Å². The fraction of sp³-hybridized carbons (Fsp3) is 0.179. The Morgan fingerprint density at radius 1 is 0.921 bits per heavy atom. The Hall–Kier alpha value is -3.76. The number of hydrogen-bond donors (Lipinski definition) is 1. The quantitative estimate of drug-likeness (QED) is 0.382. The fourth-order valence-electron chi connectivity index (χ4n) is 3.43. The molecule has 2 amide bonds. The topological polar surface area (TPSA) is 89.5 Å². The molecule has 1 heterocycles. The third-order valence-corrected chi connectivity index (χ3v) is 6.26. The van der Waals surface area contributed by atoms with Crippen molar-refractivity contribution < 1.29 is 40.8 Å². The molecule has 1 aliphatic rings. The number of nitrogens with one attached hydrogen (secondary N) is 1. The van der Waals surface area contributed by atoms with Gasteiger partial charge in [0.2, 0.25) is 5.91 Å². The molecule has 1 saturated heterocycles. The minimum Gasteiger partial charge on any atom is -1.00 e. The van der Waals surface area contributed by atoms with Crippen LogP contribution in [0.25, 0.3) is 0 Å². The van der Waals surface area contributed by atoms with Crippen LogP contribution in [0, 0.1) is 0 Å². The maximum Gasteiger partial charge on any atom is 0.271 e. The van der Waals surface area contributed by atoms with E-state index >= 15 is 0 Å². The molecule has 0 bridgehead atoms. The van der Waals surface area contributed by atoms with E-state index in [-0.39, 0.29) is 27.8 Å². The molecule has 0 unspecified atom stereocenters. The summed E-state index contributed by atoms with van der Waals surface area (Å²) >= 11 is 1.13. The summed E-state index contributed by atoms with van der Waals surface area (Å²) in [7, 11) is 3.17. The highest BCUT2D eigenvalue weighted by Gasteiger charge is 2.35. The van der Waals surface area contributed by atoms with Crippen molar-refractivity contribution in [1.82, 2.24) is 0 Å². The highest BCUT2D eigenvalue weighted by Crippen LogP contribution is 2.37. The molecule has 38 heavy (non-hydrogen) atoms. The van der Waals surface area contributed by atoms with Crippen LogP contribution >= 0.6 is 11.8 Å². The summed E-state index contributed by atoms with van der Waals surface area (Å²) in [6, 6.07) is 21.3. The third kappa shape index (κ3) is 7.17. The number of benzene rings is 3. The monoisotopic (exact) mass is 596 g/mol. The lowest BCUT2D eigenvalue weighted by molar-refractivity contribution is -0.115. The average molecular weight is 598 g/mol. The zero-order valence-corrected chi connectivity index (χ0v) is 23.5. The van der Waals surface area contributed by atoms with Crippen molar-refractivity contribution in [2.45, 2.75) is 13.3 Å². The van der Waals surface area contributed by atoms with E-state index in [2.05, 4.69) is 10.3 Å². The second-order valence-corrected chi connectivity index (χ2v) is 8.91. The summed E-state index contributed by atoms with van der Waals surface area (Å²) in [4.78, 5) is 32.6. The van der Waals surface area contributed by atoms with Gasteiger partial charge in [-0.1, -0.05) is 6.92 Å². The van der Waals surface area contributed by atoms with Gasteiger partial charge >= 0.3 is 0 Å². The van der Waals surface area contributed by atoms with Crippen LogP contribution in [-0.2, 0) is 9.59 Å². The molecule has 0 spiro atoms. The number of amidine groups is 1. The number of nitrogens with zero attached hydrogens (tertiary/aromatic N) is 2. The summed E-state index contributed by atoms with van der Waals surface area (Å²) in [5.74, 6) is 1.33. The SMILES string of the molecule is CCCOc1ccc(NC(=O)/C=C2/SC(=Nc3ccc(OC)cc3)N(c3ccc(OC)cc3)C2=O)cc1.[Br-]. The predicted molar refractivity (Wildman–Crippen MR) is 147 cm³/mol. The summed E-state index contributed by atoms with van der Waals surface area (Å²) in [6.07, 6.45) is 2.20. The van der Waals surface area contributed by atoms with E-state index in [9.17, 15) is 9.59 Å². The molecule has 10 heteroatoms. The van der Waals surface area contributed by atoms with Gasteiger partial charge in [-0.2, -0.15) is 0 Å². The number of thioether (sulfide) groups is 1. The Labute approximate surface area is 236 Å². The number of carbonyl (C=O) groups is 2. The Morgan fingerprint density at radius 2 is 1.50 bits per heavy atom. The zero-order chi connectivity index (χ0) is 26.2. The van der Waals surface area contributed by atoms with E-state index in [0.717, 1.165) is 23.9 Å². The Balaban J connectivity index is 0.00000400. The number of aliphatic imine (C=N–C) groups is 1. The smallest absolute Gasteiger partial charge is 0.271 e. The van der Waals surface area contributed by atoms with Gasteiger partial charge in [0.1, 0.15) is 17.2 Å². The van der Waals surface area contributed by atoms with Crippen LogP contribution in [0.2, 0.25) is 0 Å². The van der Waals surface area contributed by atoms with Gasteiger partial charge in [-0.15, -0.1) is 0 Å². The van der Waals surface area contributed by atoms with Gasteiger partial charge in [0.15, 0.2) is 5.17 Å². The predicted octanol–water partition coefficient (Wildman–Crippen LogP) is 2.79. The molecule has 0 saturated carbocycles. The van der Waals surface area contributed by atoms with Crippen LogP contribution in [0.5, 0.6) is 17.2 Å². The zero-order valence-electron chi connectivity index (χ0n) is 21.1. The second kappa shape index (κ2) is 13.7. The van der Waals surface area contributed by atoms with Gasteiger partial charge in [-0.3, -0.25) is 14.5 Å². The van der Waals surface area contributed by atoms with E-state index in [1.165, 1.54) is 11.0 Å². The van der Waals surface area contributed by atoms with E-state index in [0.29, 0.717) is 40.3 Å². The lowest BCUT2D eigenvalue weighted by Crippen LogP contribution is -3.00. The molecular formula is C28H27BrN3O5S-. The van der Waals surface area contributed by atoms with Crippen LogP contribution in [-0.4, -0.2) is 37.8 Å². The average Bonchev–Trinajstić information content (AvgIpc) is 3.22. The van der Waals surface area contributed by atoms with Crippen LogP contribution in [0.3, 0.4) is 0 Å². The van der Waals surface area contributed by atoms with E-state index in [4.69, 9.17) is 14.2 Å². The second-order valence-electron chi connectivity index (χ2n) is 7.90. The normalized spacial score (nSPS) is 14.8. The van der Waals surface area contributed by atoms with Crippen LogP contribution in [0.15, 0.2) is 88.8 Å². The maximum atomic E-state index is 13.4. The van der Waals surface area contributed by atoms with Crippen LogP contribution in [0.1, 0.15) is 13.3 Å². The first-order chi connectivity index (χ1) is 18.0. The van der Waals surface area contributed by atoms with Gasteiger partial charge in [-0.05, 0) is 91.0 Å². The van der Waals surface area contributed by atoms with Gasteiger partial charge in [0, 0.05) is 11.8 Å². The number of amides is 2. The van der Waals surface area contributed by atoms with Gasteiger partial charge in [-0.25, -0.2) is 4.99 Å². The summed E-state index contributed by atoms with van der Waals surface area (Å²) < 4.78 is 16.0. The first-order valence-electron chi connectivity index (χ1n) is 11.7. The number of ether oxygens (including phenoxy) is 3. The van der Waals surface area contributed by atoms with E-state index in [1.54, 1.807) is 87.0 Å². The lowest BCUT2D eigenvalue weighted by Gasteiger charge is -2.16. The van der Waals surface area contributed by atoms with E-state index in [1.807, 2.05) is 6.92 Å². The lowest BCUT2D eigenvalue weighted by atomic mass is 10.2. The van der Waals surface area contributed by atoms with Gasteiger partial charge in [0.05, 0.1) is 37.1 Å². The first-order valence-corrected chi connectivity index (χ1v) is 12.5. The van der Waals surface area contributed by atoms with Crippen molar-refractivity contribution in [3.63, 3.8) is 0 Å². The number of rotatable bonds is 9. The van der Waals surface area contributed by atoms with Crippen molar-refractivity contribution in [1.29, 1.82) is 0 Å². The van der Waals surface area contributed by atoms with Crippen molar-refractivity contribution in [2.75, 3.05) is 31.0 Å². The molecule has 0 aliphatic carbocycles.